The van der Waals surface area contributed by atoms with Gasteiger partial charge < -0.3 is 5.11 Å². The van der Waals surface area contributed by atoms with Crippen LogP contribution in [0.2, 0.25) is 0 Å². The highest BCUT2D eigenvalue weighted by Crippen LogP contribution is 2.22. The van der Waals surface area contributed by atoms with Gasteiger partial charge in [-0.25, -0.2) is 4.39 Å². The third kappa shape index (κ3) is 2.31. The van der Waals surface area contributed by atoms with Crippen molar-refractivity contribution in [3.05, 3.63) is 35.4 Å². The lowest BCUT2D eigenvalue weighted by Gasteiger charge is -2.09. The summed E-state index contributed by atoms with van der Waals surface area (Å²) in [6.07, 6.45) is -1.06. The van der Waals surface area contributed by atoms with Gasteiger partial charge in [-0.3, -0.25) is 4.79 Å². The highest BCUT2D eigenvalue weighted by Gasteiger charge is 2.14. The quantitative estimate of drug-likeness (QED) is 0.807. The lowest BCUT2D eigenvalue weighted by atomic mass is 9.98. The molecule has 0 bridgehead atoms. The summed E-state index contributed by atoms with van der Waals surface area (Å²) in [4.78, 5) is 10.7. The van der Waals surface area contributed by atoms with Crippen molar-refractivity contribution in [2.24, 2.45) is 0 Å². The first-order chi connectivity index (χ1) is 6.52. The first-order valence-corrected chi connectivity index (χ1v) is 4.49. The zero-order chi connectivity index (χ0) is 10.7. The molecule has 0 aromatic heterocycles. The fraction of sp³-hybridized carbons (Fsp3) is 0.364. The minimum atomic E-state index is -1.06. The van der Waals surface area contributed by atoms with E-state index in [-0.39, 0.29) is 0 Å². The van der Waals surface area contributed by atoms with Crippen LogP contribution in [-0.2, 0) is 4.79 Å². The Morgan fingerprint density at radius 3 is 2.43 bits per heavy atom. The van der Waals surface area contributed by atoms with Crippen molar-refractivity contribution < 1.29 is 14.3 Å². The molecule has 1 aromatic rings. The largest absolute Gasteiger partial charge is 0.481 e. The average molecular weight is 196 g/mol. The summed E-state index contributed by atoms with van der Waals surface area (Å²) in [5.41, 5.74) is 1.16. The second-order valence-electron chi connectivity index (χ2n) is 3.35. The molecule has 0 aliphatic heterocycles. The van der Waals surface area contributed by atoms with E-state index in [4.69, 9.17) is 5.11 Å². The van der Waals surface area contributed by atoms with Crippen LogP contribution < -0.4 is 0 Å². The molecular weight excluding hydrogens is 183 g/mol. The maximum Gasteiger partial charge on any atom is 0.310 e. The molecule has 0 saturated heterocycles. The Kier molecular flexibility index (Phi) is 3.23. The van der Waals surface area contributed by atoms with E-state index in [9.17, 15) is 9.18 Å². The van der Waals surface area contributed by atoms with Gasteiger partial charge in [0.05, 0.1) is 5.92 Å². The number of hydrogen-bond acceptors (Lipinski definition) is 1. The van der Waals surface area contributed by atoms with E-state index in [1.807, 2.05) is 0 Å². The lowest BCUT2D eigenvalue weighted by molar-refractivity contribution is -0.138. The van der Waals surface area contributed by atoms with Crippen LogP contribution in [0.3, 0.4) is 0 Å². The summed E-state index contributed by atoms with van der Waals surface area (Å²) >= 11 is 0. The van der Waals surface area contributed by atoms with Gasteiger partial charge in [-0.05, 0) is 25.0 Å². The second kappa shape index (κ2) is 4.22. The van der Waals surface area contributed by atoms with Gasteiger partial charge in [0.1, 0.15) is 6.17 Å². The number of alkyl halides is 1. The Labute approximate surface area is 82.4 Å². The zero-order valence-corrected chi connectivity index (χ0v) is 8.20. The molecule has 3 heteroatoms. The van der Waals surface area contributed by atoms with Crippen LogP contribution in [0, 0.1) is 0 Å². The normalized spacial score (nSPS) is 14.8. The molecule has 0 radical (unpaired) electrons. The predicted molar refractivity (Wildman–Crippen MR) is 52.0 cm³/mol. The number of benzene rings is 1. The van der Waals surface area contributed by atoms with Crippen LogP contribution in [0.1, 0.15) is 37.1 Å². The van der Waals surface area contributed by atoms with E-state index >= 15 is 0 Å². The van der Waals surface area contributed by atoms with E-state index in [1.165, 1.54) is 6.92 Å². The topological polar surface area (TPSA) is 37.3 Å². The first kappa shape index (κ1) is 10.7. The van der Waals surface area contributed by atoms with E-state index in [0.29, 0.717) is 11.1 Å². The summed E-state index contributed by atoms with van der Waals surface area (Å²) in [5, 5.41) is 8.77. The lowest BCUT2D eigenvalue weighted by Crippen LogP contribution is -2.07. The fourth-order valence-electron chi connectivity index (χ4n) is 1.22. The fourth-order valence-corrected chi connectivity index (χ4v) is 1.22. The van der Waals surface area contributed by atoms with Gasteiger partial charge in [-0.2, -0.15) is 0 Å². The molecular formula is C11H13FO2. The van der Waals surface area contributed by atoms with E-state index in [2.05, 4.69) is 0 Å². The van der Waals surface area contributed by atoms with Crippen LogP contribution in [0.5, 0.6) is 0 Å². The van der Waals surface area contributed by atoms with Crippen LogP contribution in [0.15, 0.2) is 24.3 Å². The number of hydrogen-bond donors (Lipinski definition) is 1. The van der Waals surface area contributed by atoms with Crippen molar-refractivity contribution in [1.29, 1.82) is 0 Å². The van der Waals surface area contributed by atoms with E-state index in [0.717, 1.165) is 0 Å². The van der Waals surface area contributed by atoms with Gasteiger partial charge in [0, 0.05) is 0 Å². The van der Waals surface area contributed by atoms with Gasteiger partial charge in [-0.15, -0.1) is 0 Å². The van der Waals surface area contributed by atoms with Crippen molar-refractivity contribution in [3.8, 4) is 0 Å². The van der Waals surface area contributed by atoms with Crippen LogP contribution in [0.4, 0.5) is 4.39 Å². The zero-order valence-electron chi connectivity index (χ0n) is 8.20. The Balaban J connectivity index is 2.99. The monoisotopic (exact) mass is 196 g/mol. The Hall–Kier alpha value is -1.38. The Bertz CT molecular complexity index is 334. The molecule has 2 atom stereocenters. The molecule has 0 aliphatic carbocycles. The maximum atomic E-state index is 12.9. The molecule has 2 unspecified atom stereocenters. The van der Waals surface area contributed by atoms with Gasteiger partial charge in [0.2, 0.25) is 0 Å². The molecule has 76 valence electrons. The molecule has 1 rings (SSSR count). The molecule has 0 fully saturated rings. The van der Waals surface area contributed by atoms with Crippen LogP contribution in [-0.4, -0.2) is 11.1 Å². The van der Waals surface area contributed by atoms with Crippen molar-refractivity contribution >= 4 is 5.97 Å². The van der Waals surface area contributed by atoms with Crippen molar-refractivity contribution in [1.82, 2.24) is 0 Å². The number of carbonyl (C=O) groups is 1. The minimum Gasteiger partial charge on any atom is -0.481 e. The second-order valence-corrected chi connectivity index (χ2v) is 3.35. The van der Waals surface area contributed by atoms with Crippen LogP contribution in [0.25, 0.3) is 0 Å². The number of rotatable bonds is 3. The molecule has 1 N–H and O–H groups in total. The first-order valence-electron chi connectivity index (χ1n) is 4.49. The molecule has 0 aliphatic rings. The highest BCUT2D eigenvalue weighted by atomic mass is 19.1. The third-order valence-electron chi connectivity index (χ3n) is 2.24. The third-order valence-corrected chi connectivity index (χ3v) is 2.24. The van der Waals surface area contributed by atoms with E-state index < -0.39 is 18.1 Å². The summed E-state index contributed by atoms with van der Waals surface area (Å²) in [5.74, 6) is -1.48. The van der Waals surface area contributed by atoms with Crippen molar-refractivity contribution in [2.45, 2.75) is 25.9 Å². The number of carboxylic acids is 1. The Morgan fingerprint density at radius 1 is 1.36 bits per heavy atom. The van der Waals surface area contributed by atoms with Gasteiger partial charge >= 0.3 is 5.97 Å². The minimum absolute atomic E-state index is 0.524. The van der Waals surface area contributed by atoms with Gasteiger partial charge in [-0.1, -0.05) is 24.3 Å². The summed E-state index contributed by atoms with van der Waals surface area (Å²) < 4.78 is 12.9. The molecule has 0 amide bonds. The molecule has 0 heterocycles. The number of carboxylic acid groups (broad SMARTS) is 1. The molecule has 0 saturated carbocycles. The van der Waals surface area contributed by atoms with Crippen molar-refractivity contribution in [2.75, 3.05) is 0 Å². The van der Waals surface area contributed by atoms with E-state index in [1.54, 1.807) is 31.2 Å². The highest BCUT2D eigenvalue weighted by molar-refractivity contribution is 5.75. The Morgan fingerprint density at radius 2 is 1.93 bits per heavy atom. The number of halogens is 1. The predicted octanol–water partition coefficient (Wildman–Crippen LogP) is 2.91. The summed E-state index contributed by atoms with van der Waals surface area (Å²) in [6.45, 7) is 3.02. The smallest absolute Gasteiger partial charge is 0.310 e. The molecule has 14 heavy (non-hydrogen) atoms. The number of aliphatic carboxylic acids is 1. The maximum absolute atomic E-state index is 12.9. The van der Waals surface area contributed by atoms with Crippen molar-refractivity contribution in [3.63, 3.8) is 0 Å². The molecule has 0 spiro atoms. The average Bonchev–Trinajstić information content (AvgIpc) is 2.16. The SMILES string of the molecule is CC(F)c1cccc(C(C)C(=O)O)c1. The molecule has 1 aromatic carbocycles. The summed E-state index contributed by atoms with van der Waals surface area (Å²) in [6, 6.07) is 6.64. The van der Waals surface area contributed by atoms with Gasteiger partial charge in [0.25, 0.3) is 0 Å². The summed E-state index contributed by atoms with van der Waals surface area (Å²) in [7, 11) is 0. The standard InChI is InChI=1S/C11H13FO2/c1-7(11(13)14)9-4-3-5-10(6-9)8(2)12/h3-8H,1-2H3,(H,13,14). The van der Waals surface area contributed by atoms with Crippen LogP contribution >= 0.6 is 0 Å². The van der Waals surface area contributed by atoms with Gasteiger partial charge in [0.15, 0.2) is 0 Å². The molecule has 2 nitrogen and oxygen atoms in total.